The Balaban J connectivity index is 2.63. The van der Waals surface area contributed by atoms with Crippen molar-refractivity contribution in [3.05, 3.63) is 54.1 Å². The van der Waals surface area contributed by atoms with Crippen LogP contribution in [0.25, 0.3) is 0 Å². The quantitative estimate of drug-likeness (QED) is 0.785. The first-order valence-corrected chi connectivity index (χ1v) is 10.2. The van der Waals surface area contributed by atoms with Crippen molar-refractivity contribution in [2.75, 3.05) is 0 Å². The topological polar surface area (TPSA) is 121 Å². The van der Waals surface area contributed by atoms with E-state index in [1.54, 1.807) is 32.0 Å². The minimum absolute atomic E-state index is 0.00660. The van der Waals surface area contributed by atoms with Gasteiger partial charge in [-0.1, -0.05) is 18.2 Å². The van der Waals surface area contributed by atoms with Crippen LogP contribution >= 0.6 is 0 Å². The van der Waals surface area contributed by atoms with E-state index in [4.69, 9.17) is 9.88 Å². The van der Waals surface area contributed by atoms with Crippen LogP contribution in [0.5, 0.6) is 0 Å². The van der Waals surface area contributed by atoms with Crippen LogP contribution in [-0.2, 0) is 24.6 Å². The Morgan fingerprint density at radius 2 is 1.56 bits per heavy atom. The van der Waals surface area contributed by atoms with Crippen molar-refractivity contribution in [2.45, 2.75) is 34.6 Å². The zero-order chi connectivity index (χ0) is 18.8. The van der Waals surface area contributed by atoms with E-state index in [1.807, 2.05) is 0 Å². The molecule has 0 aliphatic rings. The smallest absolute Gasteiger partial charge is 0.339 e. The van der Waals surface area contributed by atoms with E-state index >= 15 is 0 Å². The Kier molecular flexibility index (Phi) is 5.31. The SMILES string of the molecule is CC(C)OC(=O)c1ccc(S(=O)(=O)c2ccccc2)cc1S(N)(=O)=O. The average Bonchev–Trinajstić information content (AvgIpc) is 2.53. The van der Waals surface area contributed by atoms with Crippen molar-refractivity contribution in [2.24, 2.45) is 5.14 Å². The van der Waals surface area contributed by atoms with Gasteiger partial charge in [-0.15, -0.1) is 0 Å². The van der Waals surface area contributed by atoms with Gasteiger partial charge in [0.1, 0.15) is 0 Å². The lowest BCUT2D eigenvalue weighted by atomic mass is 10.2. The number of benzene rings is 2. The second-order valence-corrected chi connectivity index (χ2v) is 8.95. The molecule has 0 fully saturated rings. The van der Waals surface area contributed by atoms with E-state index in [-0.39, 0.29) is 15.4 Å². The van der Waals surface area contributed by atoms with Gasteiger partial charge in [-0.2, -0.15) is 0 Å². The van der Waals surface area contributed by atoms with Crippen LogP contribution in [0.2, 0.25) is 0 Å². The number of nitrogens with two attached hydrogens (primary N) is 1. The number of hydrogen-bond acceptors (Lipinski definition) is 6. The van der Waals surface area contributed by atoms with Crippen LogP contribution in [-0.4, -0.2) is 28.9 Å². The first kappa shape index (κ1) is 19.1. The number of primary sulfonamides is 1. The van der Waals surface area contributed by atoms with Crippen LogP contribution in [0.15, 0.2) is 63.2 Å². The summed E-state index contributed by atoms with van der Waals surface area (Å²) in [4.78, 5) is 11.2. The van der Waals surface area contributed by atoms with Crippen molar-refractivity contribution >= 4 is 25.8 Å². The molecular weight excluding hydrogens is 366 g/mol. The van der Waals surface area contributed by atoms with Gasteiger partial charge >= 0.3 is 5.97 Å². The maximum atomic E-state index is 12.6. The van der Waals surface area contributed by atoms with Gasteiger partial charge in [0, 0.05) is 0 Å². The van der Waals surface area contributed by atoms with Gasteiger partial charge in [-0.05, 0) is 44.2 Å². The first-order valence-electron chi connectivity index (χ1n) is 7.21. The monoisotopic (exact) mass is 383 g/mol. The summed E-state index contributed by atoms with van der Waals surface area (Å²) in [7, 11) is -8.30. The average molecular weight is 383 g/mol. The van der Waals surface area contributed by atoms with E-state index in [0.29, 0.717) is 0 Å². The summed E-state index contributed by atoms with van der Waals surface area (Å²) >= 11 is 0. The van der Waals surface area contributed by atoms with E-state index < -0.39 is 36.8 Å². The van der Waals surface area contributed by atoms with E-state index in [1.165, 1.54) is 12.1 Å². The highest BCUT2D eigenvalue weighted by Gasteiger charge is 2.26. The Labute approximate surface area is 146 Å². The second kappa shape index (κ2) is 6.95. The maximum absolute atomic E-state index is 12.6. The molecule has 134 valence electrons. The number of carbonyl (C=O) groups excluding carboxylic acids is 1. The molecule has 0 atom stereocenters. The molecule has 2 aromatic rings. The first-order chi connectivity index (χ1) is 11.5. The third-order valence-electron chi connectivity index (χ3n) is 3.19. The van der Waals surface area contributed by atoms with Crippen LogP contribution in [0.1, 0.15) is 24.2 Å². The fourth-order valence-corrected chi connectivity index (χ4v) is 4.22. The minimum Gasteiger partial charge on any atom is -0.459 e. The lowest BCUT2D eigenvalue weighted by Gasteiger charge is -2.12. The van der Waals surface area contributed by atoms with Gasteiger partial charge in [-0.3, -0.25) is 0 Å². The van der Waals surface area contributed by atoms with Crippen LogP contribution in [0.4, 0.5) is 0 Å². The predicted molar refractivity (Wildman–Crippen MR) is 90.3 cm³/mol. The molecular formula is C16H17NO6S2. The molecule has 0 spiro atoms. The summed E-state index contributed by atoms with van der Waals surface area (Å²) in [6, 6.07) is 10.6. The van der Waals surface area contributed by atoms with E-state index in [2.05, 4.69) is 0 Å². The highest BCUT2D eigenvalue weighted by atomic mass is 32.2. The van der Waals surface area contributed by atoms with Gasteiger partial charge in [0.15, 0.2) is 0 Å². The molecule has 0 aliphatic heterocycles. The van der Waals surface area contributed by atoms with Crippen LogP contribution in [0.3, 0.4) is 0 Å². The van der Waals surface area contributed by atoms with Crippen LogP contribution < -0.4 is 5.14 Å². The predicted octanol–water partition coefficient (Wildman–Crippen LogP) is 1.73. The van der Waals surface area contributed by atoms with Gasteiger partial charge < -0.3 is 4.74 Å². The Morgan fingerprint density at radius 3 is 2.08 bits per heavy atom. The fourth-order valence-electron chi connectivity index (χ4n) is 2.09. The van der Waals surface area contributed by atoms with Crippen molar-refractivity contribution in [3.8, 4) is 0 Å². The molecule has 2 aromatic carbocycles. The molecule has 0 saturated heterocycles. The number of hydrogen-bond donors (Lipinski definition) is 1. The molecule has 25 heavy (non-hydrogen) atoms. The molecule has 0 aliphatic carbocycles. The number of esters is 1. The van der Waals surface area contributed by atoms with Crippen LogP contribution in [0, 0.1) is 0 Å². The summed E-state index contributed by atoms with van der Waals surface area (Å²) in [6.07, 6.45) is -0.478. The van der Waals surface area contributed by atoms with Crippen molar-refractivity contribution < 1.29 is 26.4 Å². The van der Waals surface area contributed by atoms with Crippen molar-refractivity contribution in [1.82, 2.24) is 0 Å². The number of sulfonamides is 1. The van der Waals surface area contributed by atoms with E-state index in [0.717, 1.165) is 18.2 Å². The molecule has 0 heterocycles. The van der Waals surface area contributed by atoms with Gasteiger partial charge in [0.25, 0.3) is 0 Å². The van der Waals surface area contributed by atoms with E-state index in [9.17, 15) is 21.6 Å². The third kappa shape index (κ3) is 4.25. The Morgan fingerprint density at radius 1 is 0.960 bits per heavy atom. The second-order valence-electron chi connectivity index (χ2n) is 5.47. The van der Waals surface area contributed by atoms with Gasteiger partial charge in [-0.25, -0.2) is 26.8 Å². The number of rotatable bonds is 5. The number of carbonyl (C=O) groups is 1. The lowest BCUT2D eigenvalue weighted by molar-refractivity contribution is 0.0373. The lowest BCUT2D eigenvalue weighted by Crippen LogP contribution is -2.20. The van der Waals surface area contributed by atoms with Gasteiger partial charge in [0.2, 0.25) is 19.9 Å². The summed E-state index contributed by atoms with van der Waals surface area (Å²) in [6.45, 7) is 3.20. The molecule has 0 radical (unpaired) electrons. The maximum Gasteiger partial charge on any atom is 0.339 e. The molecule has 0 unspecified atom stereocenters. The highest BCUT2D eigenvalue weighted by Crippen LogP contribution is 2.25. The summed E-state index contributed by atoms with van der Waals surface area (Å²) < 4.78 is 53.9. The fraction of sp³-hybridized carbons (Fsp3) is 0.188. The molecule has 0 bridgehead atoms. The Hall–Kier alpha value is -2.23. The van der Waals surface area contributed by atoms with Gasteiger partial charge in [0.05, 0.1) is 26.4 Å². The third-order valence-corrected chi connectivity index (χ3v) is 5.90. The molecule has 0 aromatic heterocycles. The molecule has 7 nitrogen and oxygen atoms in total. The largest absolute Gasteiger partial charge is 0.459 e. The molecule has 9 heteroatoms. The normalized spacial score (nSPS) is 12.2. The zero-order valence-electron chi connectivity index (χ0n) is 13.5. The number of sulfone groups is 1. The zero-order valence-corrected chi connectivity index (χ0v) is 15.2. The van der Waals surface area contributed by atoms with Crippen molar-refractivity contribution in [3.63, 3.8) is 0 Å². The standard InChI is InChI=1S/C16H17NO6S2/c1-11(2)23-16(18)14-9-8-13(10-15(14)25(17,21)22)24(19,20)12-6-4-3-5-7-12/h3-11H,1-2H3,(H2,17,21,22). The number of ether oxygens (including phenoxy) is 1. The molecule has 0 saturated carbocycles. The minimum atomic E-state index is -4.34. The Bertz CT molecular complexity index is 996. The molecule has 2 rings (SSSR count). The van der Waals surface area contributed by atoms with Crippen molar-refractivity contribution in [1.29, 1.82) is 0 Å². The molecule has 0 amide bonds. The highest BCUT2D eigenvalue weighted by molar-refractivity contribution is 7.91. The summed E-state index contributed by atoms with van der Waals surface area (Å²) in [5.74, 6) is -0.900. The summed E-state index contributed by atoms with van der Waals surface area (Å²) in [5, 5.41) is 5.15. The molecule has 2 N–H and O–H groups in total. The summed E-state index contributed by atoms with van der Waals surface area (Å²) in [5.41, 5.74) is -0.316.